The molecule has 0 unspecified atom stereocenters. The van der Waals surface area contributed by atoms with Gasteiger partial charge in [0.15, 0.2) is 0 Å². The minimum absolute atomic E-state index is 0.172. The number of ether oxygens (including phenoxy) is 1. The van der Waals surface area contributed by atoms with E-state index in [1.807, 2.05) is 26.8 Å². The maximum atomic E-state index is 12.2. The first-order chi connectivity index (χ1) is 8.39. The zero-order valence-electron chi connectivity index (χ0n) is 11.3. The molecule has 0 saturated carbocycles. The Morgan fingerprint density at radius 2 is 2.11 bits per heavy atom. The van der Waals surface area contributed by atoms with Crippen molar-refractivity contribution in [2.45, 2.75) is 26.3 Å². The van der Waals surface area contributed by atoms with Crippen LogP contribution in [0.25, 0.3) is 0 Å². The van der Waals surface area contributed by atoms with Gasteiger partial charge in [-0.1, -0.05) is 11.6 Å². The SMILES string of the molecule is COCC(C)(C)NC(=O)c1cc(C)ccc1NN. The smallest absolute Gasteiger partial charge is 0.253 e. The average Bonchev–Trinajstić information content (AvgIpc) is 2.28. The Morgan fingerprint density at radius 1 is 1.44 bits per heavy atom. The van der Waals surface area contributed by atoms with Crippen LogP contribution in [0.4, 0.5) is 5.69 Å². The average molecular weight is 251 g/mol. The van der Waals surface area contributed by atoms with E-state index >= 15 is 0 Å². The molecule has 0 aliphatic carbocycles. The lowest BCUT2D eigenvalue weighted by Crippen LogP contribution is -2.47. The molecule has 4 N–H and O–H groups in total. The predicted octanol–water partition coefficient (Wildman–Crippen LogP) is 1.44. The number of nitrogens with two attached hydrogens (primary N) is 1. The van der Waals surface area contributed by atoms with Gasteiger partial charge in [0.05, 0.1) is 23.4 Å². The number of anilines is 1. The van der Waals surface area contributed by atoms with Gasteiger partial charge in [0, 0.05) is 7.11 Å². The van der Waals surface area contributed by atoms with Gasteiger partial charge in [-0.2, -0.15) is 0 Å². The van der Waals surface area contributed by atoms with Crippen molar-refractivity contribution in [1.82, 2.24) is 5.32 Å². The Hall–Kier alpha value is -1.59. The maximum absolute atomic E-state index is 12.2. The lowest BCUT2D eigenvalue weighted by atomic mass is 10.0. The molecule has 0 aliphatic rings. The molecule has 0 aromatic heterocycles. The van der Waals surface area contributed by atoms with Crippen LogP contribution in [0.2, 0.25) is 0 Å². The van der Waals surface area contributed by atoms with Gasteiger partial charge in [-0.15, -0.1) is 0 Å². The fourth-order valence-corrected chi connectivity index (χ4v) is 1.74. The van der Waals surface area contributed by atoms with Crippen LogP contribution in [0, 0.1) is 6.92 Å². The number of benzene rings is 1. The molecule has 0 heterocycles. The highest BCUT2D eigenvalue weighted by Gasteiger charge is 2.22. The molecule has 1 rings (SSSR count). The number of hydrogen-bond acceptors (Lipinski definition) is 4. The van der Waals surface area contributed by atoms with Crippen molar-refractivity contribution in [3.8, 4) is 0 Å². The zero-order valence-corrected chi connectivity index (χ0v) is 11.3. The Bertz CT molecular complexity index is 430. The van der Waals surface area contributed by atoms with Crippen LogP contribution in [0.3, 0.4) is 0 Å². The minimum atomic E-state index is -0.429. The highest BCUT2D eigenvalue weighted by atomic mass is 16.5. The van der Waals surface area contributed by atoms with Crippen molar-refractivity contribution in [3.63, 3.8) is 0 Å². The molecule has 0 fully saturated rings. The van der Waals surface area contributed by atoms with Gasteiger partial charge in [-0.3, -0.25) is 10.6 Å². The topological polar surface area (TPSA) is 76.4 Å². The summed E-state index contributed by atoms with van der Waals surface area (Å²) in [7, 11) is 1.60. The molecule has 1 aromatic carbocycles. The molecule has 0 spiro atoms. The number of methoxy groups -OCH3 is 1. The third kappa shape index (κ3) is 3.72. The van der Waals surface area contributed by atoms with Gasteiger partial charge in [-0.05, 0) is 32.9 Å². The Kier molecular flexibility index (Phi) is 4.69. The van der Waals surface area contributed by atoms with Gasteiger partial charge in [-0.25, -0.2) is 0 Å². The third-order valence-corrected chi connectivity index (χ3v) is 2.53. The molecule has 100 valence electrons. The van der Waals surface area contributed by atoms with E-state index in [2.05, 4.69) is 10.7 Å². The molecule has 18 heavy (non-hydrogen) atoms. The Labute approximate surface area is 108 Å². The van der Waals surface area contributed by atoms with E-state index in [0.717, 1.165) is 5.56 Å². The van der Waals surface area contributed by atoms with Crippen molar-refractivity contribution < 1.29 is 9.53 Å². The zero-order chi connectivity index (χ0) is 13.8. The lowest BCUT2D eigenvalue weighted by molar-refractivity contribution is 0.0820. The largest absolute Gasteiger partial charge is 0.382 e. The highest BCUT2D eigenvalue weighted by molar-refractivity contribution is 6.00. The van der Waals surface area contributed by atoms with E-state index in [4.69, 9.17) is 10.6 Å². The first-order valence-corrected chi connectivity index (χ1v) is 5.78. The molecular weight excluding hydrogens is 230 g/mol. The number of nitrogen functional groups attached to an aromatic ring is 1. The first-order valence-electron chi connectivity index (χ1n) is 5.78. The summed E-state index contributed by atoms with van der Waals surface area (Å²) >= 11 is 0. The molecule has 1 amide bonds. The molecule has 0 bridgehead atoms. The molecule has 0 aliphatic heterocycles. The third-order valence-electron chi connectivity index (χ3n) is 2.53. The summed E-state index contributed by atoms with van der Waals surface area (Å²) in [6.07, 6.45) is 0. The van der Waals surface area contributed by atoms with E-state index in [1.165, 1.54) is 0 Å². The van der Waals surface area contributed by atoms with Crippen molar-refractivity contribution in [3.05, 3.63) is 29.3 Å². The summed E-state index contributed by atoms with van der Waals surface area (Å²) in [4.78, 5) is 12.2. The van der Waals surface area contributed by atoms with Crippen molar-refractivity contribution >= 4 is 11.6 Å². The molecule has 1 aromatic rings. The van der Waals surface area contributed by atoms with E-state index < -0.39 is 5.54 Å². The highest BCUT2D eigenvalue weighted by Crippen LogP contribution is 2.17. The van der Waals surface area contributed by atoms with Crippen LogP contribution in [0.1, 0.15) is 29.8 Å². The molecule has 0 atom stereocenters. The van der Waals surface area contributed by atoms with Gasteiger partial charge < -0.3 is 15.5 Å². The van der Waals surface area contributed by atoms with Crippen LogP contribution in [0.15, 0.2) is 18.2 Å². The van der Waals surface area contributed by atoms with Crippen LogP contribution in [-0.4, -0.2) is 25.2 Å². The van der Waals surface area contributed by atoms with Gasteiger partial charge in [0.25, 0.3) is 5.91 Å². The van der Waals surface area contributed by atoms with E-state index in [1.54, 1.807) is 19.2 Å². The van der Waals surface area contributed by atoms with Crippen LogP contribution in [-0.2, 0) is 4.74 Å². The maximum Gasteiger partial charge on any atom is 0.253 e. The number of amides is 1. The monoisotopic (exact) mass is 251 g/mol. The molecule has 5 nitrogen and oxygen atoms in total. The fourth-order valence-electron chi connectivity index (χ4n) is 1.74. The quantitative estimate of drug-likeness (QED) is 0.546. The van der Waals surface area contributed by atoms with Gasteiger partial charge in [0.1, 0.15) is 0 Å². The lowest BCUT2D eigenvalue weighted by Gasteiger charge is -2.25. The second-order valence-electron chi connectivity index (χ2n) is 4.96. The summed E-state index contributed by atoms with van der Waals surface area (Å²) in [5, 5.41) is 2.92. The molecular formula is C13H21N3O2. The predicted molar refractivity (Wildman–Crippen MR) is 72.4 cm³/mol. The number of rotatable bonds is 5. The number of hydrogen-bond donors (Lipinski definition) is 3. The van der Waals surface area contributed by atoms with Crippen molar-refractivity contribution in [2.75, 3.05) is 19.1 Å². The van der Waals surface area contributed by atoms with E-state index in [0.29, 0.717) is 17.9 Å². The number of hydrazine groups is 1. The Balaban J connectivity index is 2.93. The molecule has 5 heteroatoms. The van der Waals surface area contributed by atoms with E-state index in [-0.39, 0.29) is 5.91 Å². The van der Waals surface area contributed by atoms with Crippen molar-refractivity contribution in [2.24, 2.45) is 5.84 Å². The number of nitrogens with one attached hydrogen (secondary N) is 2. The normalized spacial score (nSPS) is 11.2. The summed E-state index contributed by atoms with van der Waals surface area (Å²) in [6, 6.07) is 5.48. The molecule has 0 radical (unpaired) electrons. The minimum Gasteiger partial charge on any atom is -0.382 e. The summed E-state index contributed by atoms with van der Waals surface area (Å²) in [6.45, 7) is 6.17. The molecule has 0 saturated heterocycles. The second kappa shape index (κ2) is 5.84. The fraction of sp³-hybridized carbons (Fsp3) is 0.462. The van der Waals surface area contributed by atoms with Crippen LogP contribution in [0.5, 0.6) is 0 Å². The summed E-state index contributed by atoms with van der Waals surface area (Å²) in [5.41, 5.74) is 4.24. The first kappa shape index (κ1) is 14.5. The van der Waals surface area contributed by atoms with E-state index in [9.17, 15) is 4.79 Å². The van der Waals surface area contributed by atoms with Gasteiger partial charge in [0.2, 0.25) is 0 Å². The Morgan fingerprint density at radius 3 is 2.67 bits per heavy atom. The number of aryl methyl sites for hydroxylation is 1. The number of carbonyl (C=O) groups is 1. The summed E-state index contributed by atoms with van der Waals surface area (Å²) in [5.74, 6) is 5.23. The van der Waals surface area contributed by atoms with Crippen LogP contribution < -0.4 is 16.6 Å². The summed E-state index contributed by atoms with van der Waals surface area (Å²) < 4.78 is 5.07. The van der Waals surface area contributed by atoms with Crippen LogP contribution >= 0.6 is 0 Å². The van der Waals surface area contributed by atoms with Gasteiger partial charge >= 0.3 is 0 Å². The second-order valence-corrected chi connectivity index (χ2v) is 4.96. The standard InChI is InChI=1S/C13H21N3O2/c1-9-5-6-11(16-14)10(7-9)12(17)15-13(2,3)8-18-4/h5-7,16H,8,14H2,1-4H3,(H,15,17). The number of carbonyl (C=O) groups excluding carboxylic acids is 1. The van der Waals surface area contributed by atoms with Crippen molar-refractivity contribution in [1.29, 1.82) is 0 Å².